The van der Waals surface area contributed by atoms with Crippen molar-refractivity contribution >= 4 is 29.5 Å². The standard InChI is InChI=1S/C14H9ClF2N2O2/c15-10-5-4-8(14(20)21)6-13(10)19-18-7-9-11(16)2-1-3-12(9)17/h1-7,19H,(H,20,21)/b18-7-. The second-order valence-electron chi connectivity index (χ2n) is 4.01. The second kappa shape index (κ2) is 6.32. The van der Waals surface area contributed by atoms with Crippen molar-refractivity contribution in [1.29, 1.82) is 0 Å². The molecule has 4 nitrogen and oxygen atoms in total. The lowest BCUT2D eigenvalue weighted by atomic mass is 10.2. The molecule has 0 spiro atoms. The van der Waals surface area contributed by atoms with Crippen molar-refractivity contribution in [3.05, 3.63) is 64.2 Å². The topological polar surface area (TPSA) is 61.7 Å². The Labute approximate surface area is 123 Å². The highest BCUT2D eigenvalue weighted by molar-refractivity contribution is 6.33. The lowest BCUT2D eigenvalue weighted by molar-refractivity contribution is 0.0697. The van der Waals surface area contributed by atoms with Gasteiger partial charge in [-0.1, -0.05) is 17.7 Å². The van der Waals surface area contributed by atoms with Crippen molar-refractivity contribution in [3.8, 4) is 0 Å². The number of carbonyl (C=O) groups is 1. The maximum atomic E-state index is 13.4. The minimum absolute atomic E-state index is 0.00849. The molecule has 2 rings (SSSR count). The summed E-state index contributed by atoms with van der Waals surface area (Å²) in [5.74, 6) is -2.64. The Morgan fingerprint density at radius 3 is 2.52 bits per heavy atom. The van der Waals surface area contributed by atoms with E-state index in [1.54, 1.807) is 0 Å². The van der Waals surface area contributed by atoms with Crippen LogP contribution < -0.4 is 5.43 Å². The van der Waals surface area contributed by atoms with Crippen LogP contribution in [0.15, 0.2) is 41.5 Å². The third kappa shape index (κ3) is 3.55. The maximum Gasteiger partial charge on any atom is 0.335 e. The van der Waals surface area contributed by atoms with Gasteiger partial charge in [-0.25, -0.2) is 13.6 Å². The molecular weight excluding hydrogens is 302 g/mol. The molecule has 0 aliphatic rings. The van der Waals surface area contributed by atoms with E-state index in [0.29, 0.717) is 0 Å². The highest BCUT2D eigenvalue weighted by atomic mass is 35.5. The van der Waals surface area contributed by atoms with Crippen molar-refractivity contribution < 1.29 is 18.7 Å². The van der Waals surface area contributed by atoms with Crippen molar-refractivity contribution in [2.45, 2.75) is 0 Å². The predicted octanol–water partition coefficient (Wildman–Crippen LogP) is 3.76. The van der Waals surface area contributed by atoms with E-state index < -0.39 is 17.6 Å². The summed E-state index contributed by atoms with van der Waals surface area (Å²) in [5.41, 5.74) is 2.36. The molecule has 0 heterocycles. The van der Waals surface area contributed by atoms with Crippen molar-refractivity contribution in [3.63, 3.8) is 0 Å². The van der Waals surface area contributed by atoms with Crippen LogP contribution in [0, 0.1) is 11.6 Å². The van der Waals surface area contributed by atoms with Crippen molar-refractivity contribution in [2.24, 2.45) is 5.10 Å². The number of hydrogen-bond donors (Lipinski definition) is 2. The fourth-order valence-electron chi connectivity index (χ4n) is 1.54. The van der Waals surface area contributed by atoms with Gasteiger partial charge in [-0.05, 0) is 30.3 Å². The van der Waals surface area contributed by atoms with E-state index in [9.17, 15) is 13.6 Å². The van der Waals surface area contributed by atoms with Gasteiger partial charge in [0.05, 0.1) is 28.1 Å². The van der Waals surface area contributed by atoms with Crippen LogP contribution in [0.3, 0.4) is 0 Å². The molecule has 0 atom stereocenters. The molecule has 0 aliphatic carbocycles. The van der Waals surface area contributed by atoms with E-state index in [-0.39, 0.29) is 21.8 Å². The summed E-state index contributed by atoms with van der Waals surface area (Å²) in [4.78, 5) is 10.8. The largest absolute Gasteiger partial charge is 0.478 e. The number of halogens is 3. The van der Waals surface area contributed by atoms with E-state index in [0.717, 1.165) is 18.3 Å². The van der Waals surface area contributed by atoms with Crippen LogP contribution in [0.2, 0.25) is 5.02 Å². The van der Waals surface area contributed by atoms with Gasteiger partial charge in [-0.15, -0.1) is 0 Å². The first-order valence-corrected chi connectivity index (χ1v) is 6.13. The average molecular weight is 311 g/mol. The lowest BCUT2D eigenvalue weighted by Crippen LogP contribution is -2.00. The fraction of sp³-hybridized carbons (Fsp3) is 0. The SMILES string of the molecule is O=C(O)c1ccc(Cl)c(N/N=C\c2c(F)cccc2F)c1. The van der Waals surface area contributed by atoms with Gasteiger partial charge in [0, 0.05) is 0 Å². The van der Waals surface area contributed by atoms with Crippen LogP contribution in [-0.4, -0.2) is 17.3 Å². The molecule has 0 radical (unpaired) electrons. The number of aromatic carboxylic acids is 1. The Bertz CT molecular complexity index is 700. The number of rotatable bonds is 4. The molecular formula is C14H9ClF2N2O2. The number of nitrogens with one attached hydrogen (secondary N) is 1. The summed E-state index contributed by atoms with van der Waals surface area (Å²) >= 11 is 5.87. The first kappa shape index (κ1) is 14.9. The second-order valence-corrected chi connectivity index (χ2v) is 4.41. The number of hydrazone groups is 1. The number of anilines is 1. The molecule has 2 aromatic carbocycles. The maximum absolute atomic E-state index is 13.4. The Morgan fingerprint density at radius 1 is 1.24 bits per heavy atom. The van der Waals surface area contributed by atoms with E-state index in [4.69, 9.17) is 16.7 Å². The third-order valence-corrected chi connectivity index (χ3v) is 2.92. The van der Waals surface area contributed by atoms with Crippen LogP contribution in [0.4, 0.5) is 14.5 Å². The van der Waals surface area contributed by atoms with Gasteiger partial charge in [0.1, 0.15) is 11.6 Å². The highest BCUT2D eigenvalue weighted by Crippen LogP contribution is 2.23. The molecule has 0 fully saturated rings. The van der Waals surface area contributed by atoms with Gasteiger partial charge in [-0.3, -0.25) is 5.43 Å². The Hall–Kier alpha value is -2.47. The molecule has 0 aromatic heterocycles. The Morgan fingerprint density at radius 2 is 1.90 bits per heavy atom. The molecule has 0 aliphatic heterocycles. The lowest BCUT2D eigenvalue weighted by Gasteiger charge is -2.05. The number of nitrogens with zero attached hydrogens (tertiary/aromatic N) is 1. The minimum Gasteiger partial charge on any atom is -0.478 e. The number of hydrogen-bond acceptors (Lipinski definition) is 3. The smallest absolute Gasteiger partial charge is 0.335 e. The van der Waals surface area contributed by atoms with Gasteiger partial charge in [0.2, 0.25) is 0 Å². The van der Waals surface area contributed by atoms with Crippen LogP contribution in [0.1, 0.15) is 15.9 Å². The highest BCUT2D eigenvalue weighted by Gasteiger charge is 2.07. The Kier molecular flexibility index (Phi) is 4.49. The number of carboxylic acid groups (broad SMARTS) is 1. The molecule has 0 saturated heterocycles. The zero-order chi connectivity index (χ0) is 15.4. The fourth-order valence-corrected chi connectivity index (χ4v) is 1.70. The van der Waals surface area contributed by atoms with E-state index >= 15 is 0 Å². The molecule has 0 unspecified atom stereocenters. The zero-order valence-corrected chi connectivity index (χ0v) is 11.2. The molecule has 0 bridgehead atoms. The van der Waals surface area contributed by atoms with E-state index in [1.165, 1.54) is 24.3 Å². The normalized spacial score (nSPS) is 10.8. The first-order valence-electron chi connectivity index (χ1n) is 5.75. The number of benzene rings is 2. The molecule has 0 amide bonds. The predicted molar refractivity (Wildman–Crippen MR) is 76.0 cm³/mol. The van der Waals surface area contributed by atoms with Gasteiger partial charge < -0.3 is 5.11 Å². The molecule has 0 saturated carbocycles. The molecule has 21 heavy (non-hydrogen) atoms. The summed E-state index contributed by atoms with van der Waals surface area (Å²) in [6.07, 6.45) is 0.953. The van der Waals surface area contributed by atoms with Crippen LogP contribution in [0.25, 0.3) is 0 Å². The number of carboxylic acids is 1. The van der Waals surface area contributed by atoms with E-state index in [1.807, 2.05) is 0 Å². The summed E-state index contributed by atoms with van der Waals surface area (Å²) in [6, 6.07) is 7.41. The Balaban J connectivity index is 2.22. The molecule has 108 valence electrons. The van der Waals surface area contributed by atoms with Crippen LogP contribution in [-0.2, 0) is 0 Å². The molecule has 2 N–H and O–H groups in total. The summed E-state index contributed by atoms with van der Waals surface area (Å²) < 4.78 is 26.7. The van der Waals surface area contributed by atoms with Gasteiger partial charge in [0.15, 0.2) is 0 Å². The monoisotopic (exact) mass is 310 g/mol. The summed E-state index contributed by atoms with van der Waals surface area (Å²) in [6.45, 7) is 0. The summed E-state index contributed by atoms with van der Waals surface area (Å²) in [5, 5.41) is 12.8. The summed E-state index contributed by atoms with van der Waals surface area (Å²) in [7, 11) is 0. The first-order chi connectivity index (χ1) is 9.99. The molecule has 2 aromatic rings. The van der Waals surface area contributed by atoms with E-state index in [2.05, 4.69) is 10.5 Å². The van der Waals surface area contributed by atoms with Crippen molar-refractivity contribution in [1.82, 2.24) is 0 Å². The van der Waals surface area contributed by atoms with Gasteiger partial charge in [0.25, 0.3) is 0 Å². The van der Waals surface area contributed by atoms with Crippen LogP contribution in [0.5, 0.6) is 0 Å². The quantitative estimate of drug-likeness (QED) is 0.667. The van der Waals surface area contributed by atoms with Gasteiger partial charge in [-0.2, -0.15) is 5.10 Å². The zero-order valence-electron chi connectivity index (χ0n) is 10.5. The van der Waals surface area contributed by atoms with Crippen molar-refractivity contribution in [2.75, 3.05) is 5.43 Å². The molecule has 7 heteroatoms. The average Bonchev–Trinajstić information content (AvgIpc) is 2.43. The minimum atomic E-state index is -1.13. The van der Waals surface area contributed by atoms with Gasteiger partial charge >= 0.3 is 5.97 Å². The third-order valence-electron chi connectivity index (χ3n) is 2.59. The van der Waals surface area contributed by atoms with Crippen LogP contribution >= 0.6 is 11.6 Å².